The van der Waals surface area contributed by atoms with Gasteiger partial charge in [-0.15, -0.1) is 0 Å². The number of anilines is 3. The first kappa shape index (κ1) is 11.2. The standard InChI is InChI=1S/C12H15N5/c1-8(9-5-3-2-4-6-9)17-12-10(13)11(14)15-7-16-12/h2-8H,13H2,1H3,(H3,14,15,16,17). The number of rotatable bonds is 3. The molecule has 5 heteroatoms. The summed E-state index contributed by atoms with van der Waals surface area (Å²) in [4.78, 5) is 7.90. The fraction of sp³-hybridized carbons (Fsp3) is 0.167. The molecule has 0 aliphatic rings. The van der Waals surface area contributed by atoms with Crippen molar-refractivity contribution in [1.29, 1.82) is 0 Å². The first-order valence-electron chi connectivity index (χ1n) is 5.36. The van der Waals surface area contributed by atoms with Crippen LogP contribution in [0.4, 0.5) is 17.3 Å². The van der Waals surface area contributed by atoms with Gasteiger partial charge in [0.25, 0.3) is 0 Å². The molecule has 1 aromatic carbocycles. The Hall–Kier alpha value is -2.30. The Morgan fingerprint density at radius 3 is 2.53 bits per heavy atom. The van der Waals surface area contributed by atoms with Gasteiger partial charge in [-0.25, -0.2) is 9.97 Å². The van der Waals surface area contributed by atoms with E-state index in [1.165, 1.54) is 6.33 Å². The highest BCUT2D eigenvalue weighted by Crippen LogP contribution is 2.24. The molecule has 2 aromatic rings. The Morgan fingerprint density at radius 2 is 1.82 bits per heavy atom. The average Bonchev–Trinajstić information content (AvgIpc) is 2.36. The number of aromatic nitrogens is 2. The first-order chi connectivity index (χ1) is 8.18. The molecule has 0 saturated heterocycles. The molecule has 17 heavy (non-hydrogen) atoms. The zero-order chi connectivity index (χ0) is 12.3. The molecule has 0 spiro atoms. The van der Waals surface area contributed by atoms with Gasteiger partial charge in [0, 0.05) is 0 Å². The Labute approximate surface area is 99.9 Å². The van der Waals surface area contributed by atoms with E-state index in [1.807, 2.05) is 37.3 Å². The molecule has 1 atom stereocenters. The third kappa shape index (κ3) is 2.44. The van der Waals surface area contributed by atoms with E-state index in [2.05, 4.69) is 15.3 Å². The van der Waals surface area contributed by atoms with Gasteiger partial charge in [-0.1, -0.05) is 30.3 Å². The van der Waals surface area contributed by atoms with E-state index in [9.17, 15) is 0 Å². The second-order valence-corrected chi connectivity index (χ2v) is 3.80. The first-order valence-corrected chi connectivity index (χ1v) is 5.36. The maximum Gasteiger partial charge on any atom is 0.155 e. The van der Waals surface area contributed by atoms with E-state index >= 15 is 0 Å². The van der Waals surface area contributed by atoms with Crippen molar-refractivity contribution in [3.63, 3.8) is 0 Å². The highest BCUT2D eigenvalue weighted by Gasteiger charge is 2.09. The lowest BCUT2D eigenvalue weighted by Gasteiger charge is -2.16. The van der Waals surface area contributed by atoms with E-state index in [1.54, 1.807) is 0 Å². The molecule has 0 amide bonds. The van der Waals surface area contributed by atoms with E-state index in [0.29, 0.717) is 17.3 Å². The van der Waals surface area contributed by atoms with Crippen molar-refractivity contribution < 1.29 is 0 Å². The molecule has 0 saturated carbocycles. The van der Waals surface area contributed by atoms with Crippen LogP contribution in [0.15, 0.2) is 36.7 Å². The van der Waals surface area contributed by atoms with Gasteiger partial charge in [-0.05, 0) is 12.5 Å². The minimum Gasteiger partial charge on any atom is -0.393 e. The molecular weight excluding hydrogens is 214 g/mol. The molecule has 2 rings (SSSR count). The molecule has 0 radical (unpaired) electrons. The Bertz CT molecular complexity index is 498. The highest BCUT2D eigenvalue weighted by atomic mass is 15.1. The van der Waals surface area contributed by atoms with Gasteiger partial charge < -0.3 is 16.8 Å². The minimum atomic E-state index is 0.104. The van der Waals surface area contributed by atoms with E-state index in [0.717, 1.165) is 5.56 Å². The van der Waals surface area contributed by atoms with Crippen molar-refractivity contribution in [3.8, 4) is 0 Å². The van der Waals surface area contributed by atoms with E-state index in [4.69, 9.17) is 11.5 Å². The van der Waals surface area contributed by atoms with Gasteiger partial charge in [-0.3, -0.25) is 0 Å². The van der Waals surface area contributed by atoms with Gasteiger partial charge in [-0.2, -0.15) is 0 Å². The minimum absolute atomic E-state index is 0.104. The average molecular weight is 229 g/mol. The normalized spacial score (nSPS) is 12.1. The molecule has 0 aliphatic heterocycles. The Balaban J connectivity index is 2.19. The summed E-state index contributed by atoms with van der Waals surface area (Å²) in [5.74, 6) is 0.858. The number of nitrogens with zero attached hydrogens (tertiary/aromatic N) is 2. The molecule has 5 N–H and O–H groups in total. The molecule has 0 fully saturated rings. The van der Waals surface area contributed by atoms with Crippen LogP contribution in [0.25, 0.3) is 0 Å². The Morgan fingerprint density at radius 1 is 1.12 bits per heavy atom. The molecule has 1 unspecified atom stereocenters. The van der Waals surface area contributed by atoms with Crippen molar-refractivity contribution in [3.05, 3.63) is 42.2 Å². The topological polar surface area (TPSA) is 89.8 Å². The van der Waals surface area contributed by atoms with Crippen LogP contribution < -0.4 is 16.8 Å². The molecule has 1 aromatic heterocycles. The zero-order valence-electron chi connectivity index (χ0n) is 9.59. The van der Waals surface area contributed by atoms with Gasteiger partial charge in [0.15, 0.2) is 11.6 Å². The SMILES string of the molecule is CC(Nc1ncnc(N)c1N)c1ccccc1. The maximum atomic E-state index is 5.80. The highest BCUT2D eigenvalue weighted by molar-refractivity contribution is 5.72. The van der Waals surface area contributed by atoms with Crippen LogP contribution >= 0.6 is 0 Å². The van der Waals surface area contributed by atoms with Crippen molar-refractivity contribution in [1.82, 2.24) is 9.97 Å². The van der Waals surface area contributed by atoms with Crippen LogP contribution in [0.1, 0.15) is 18.5 Å². The lowest BCUT2D eigenvalue weighted by molar-refractivity contribution is 0.873. The Kier molecular flexibility index (Phi) is 3.09. The van der Waals surface area contributed by atoms with Crippen LogP contribution in [0.2, 0.25) is 0 Å². The number of nitrogens with one attached hydrogen (secondary N) is 1. The largest absolute Gasteiger partial charge is 0.393 e. The molecule has 0 aliphatic carbocycles. The number of benzene rings is 1. The van der Waals surface area contributed by atoms with Crippen LogP contribution in [0.3, 0.4) is 0 Å². The van der Waals surface area contributed by atoms with Crippen LogP contribution in [0.5, 0.6) is 0 Å². The zero-order valence-corrected chi connectivity index (χ0v) is 9.59. The molecule has 1 heterocycles. The summed E-state index contributed by atoms with van der Waals surface area (Å²) < 4.78 is 0. The van der Waals surface area contributed by atoms with Crippen LogP contribution in [0, 0.1) is 0 Å². The summed E-state index contributed by atoms with van der Waals surface area (Å²) in [5.41, 5.74) is 13.0. The molecule has 88 valence electrons. The summed E-state index contributed by atoms with van der Waals surface area (Å²) in [6.45, 7) is 2.03. The number of nitrogens with two attached hydrogens (primary N) is 2. The maximum absolute atomic E-state index is 5.80. The summed E-state index contributed by atoms with van der Waals surface area (Å²) in [7, 11) is 0. The quantitative estimate of drug-likeness (QED) is 0.746. The second-order valence-electron chi connectivity index (χ2n) is 3.80. The smallest absolute Gasteiger partial charge is 0.155 e. The number of nitrogen functional groups attached to an aromatic ring is 2. The van der Waals surface area contributed by atoms with Crippen molar-refractivity contribution in [2.24, 2.45) is 0 Å². The van der Waals surface area contributed by atoms with Gasteiger partial charge in [0.1, 0.15) is 12.0 Å². The van der Waals surface area contributed by atoms with Crippen LogP contribution in [-0.2, 0) is 0 Å². The van der Waals surface area contributed by atoms with Crippen LogP contribution in [-0.4, -0.2) is 9.97 Å². The predicted molar refractivity (Wildman–Crippen MR) is 69.3 cm³/mol. The van der Waals surface area contributed by atoms with E-state index < -0.39 is 0 Å². The lowest BCUT2D eigenvalue weighted by atomic mass is 10.1. The lowest BCUT2D eigenvalue weighted by Crippen LogP contribution is -2.11. The van der Waals surface area contributed by atoms with Crippen molar-refractivity contribution in [2.45, 2.75) is 13.0 Å². The van der Waals surface area contributed by atoms with Gasteiger partial charge >= 0.3 is 0 Å². The summed E-state index contributed by atoms with van der Waals surface area (Å²) in [6, 6.07) is 10.1. The predicted octanol–water partition coefficient (Wildman–Crippen LogP) is 1.81. The van der Waals surface area contributed by atoms with E-state index in [-0.39, 0.29) is 6.04 Å². The third-order valence-electron chi connectivity index (χ3n) is 2.57. The molecule has 5 nitrogen and oxygen atoms in total. The summed E-state index contributed by atoms with van der Waals surface area (Å²) in [5, 5.41) is 3.21. The second kappa shape index (κ2) is 4.69. The molecular formula is C12H15N5. The van der Waals surface area contributed by atoms with Crippen molar-refractivity contribution in [2.75, 3.05) is 16.8 Å². The van der Waals surface area contributed by atoms with Gasteiger partial charge in [0.05, 0.1) is 6.04 Å². The monoisotopic (exact) mass is 229 g/mol. The third-order valence-corrected chi connectivity index (χ3v) is 2.57. The number of hydrogen-bond acceptors (Lipinski definition) is 5. The van der Waals surface area contributed by atoms with Crippen molar-refractivity contribution >= 4 is 17.3 Å². The van der Waals surface area contributed by atoms with Gasteiger partial charge in [0.2, 0.25) is 0 Å². The number of hydrogen-bond donors (Lipinski definition) is 3. The fourth-order valence-corrected chi connectivity index (χ4v) is 1.55. The molecule has 0 bridgehead atoms. The summed E-state index contributed by atoms with van der Waals surface area (Å²) in [6.07, 6.45) is 1.39. The summed E-state index contributed by atoms with van der Waals surface area (Å²) >= 11 is 0. The fourth-order valence-electron chi connectivity index (χ4n) is 1.55.